The summed E-state index contributed by atoms with van der Waals surface area (Å²) in [7, 11) is 0. The van der Waals surface area contributed by atoms with Gasteiger partial charge in [0.05, 0.1) is 0 Å². The topological polar surface area (TPSA) is 26.0 Å². The Hall–Kier alpha value is -1.12. The Labute approximate surface area is 106 Å². The van der Waals surface area contributed by atoms with E-state index >= 15 is 0 Å². The van der Waals surface area contributed by atoms with Gasteiger partial charge < -0.3 is 5.73 Å². The Kier molecular flexibility index (Phi) is 2.57. The van der Waals surface area contributed by atoms with Crippen LogP contribution in [0.5, 0.6) is 0 Å². The molecule has 2 aromatic rings. The second-order valence-corrected chi connectivity index (χ2v) is 6.05. The molecule has 1 nitrogen and oxygen atoms in total. The van der Waals surface area contributed by atoms with E-state index in [0.29, 0.717) is 5.41 Å². The Bertz CT molecular complexity index is 537. The fraction of sp³-hybridized carbons (Fsp3) is 0.333. The largest absolute Gasteiger partial charge is 0.330 e. The van der Waals surface area contributed by atoms with Gasteiger partial charge in [0.2, 0.25) is 0 Å². The van der Waals surface area contributed by atoms with Crippen molar-refractivity contribution in [2.24, 2.45) is 5.73 Å². The van der Waals surface area contributed by atoms with Crippen molar-refractivity contribution in [3.63, 3.8) is 0 Å². The van der Waals surface area contributed by atoms with Gasteiger partial charge in [0.25, 0.3) is 0 Å². The molecule has 17 heavy (non-hydrogen) atoms. The molecule has 0 bridgehead atoms. The molecule has 1 aromatic heterocycles. The number of aryl methyl sites for hydroxylation is 1. The van der Waals surface area contributed by atoms with Gasteiger partial charge in [-0.25, -0.2) is 0 Å². The Morgan fingerprint density at radius 1 is 1.18 bits per heavy atom. The third-order valence-electron chi connectivity index (χ3n) is 3.78. The van der Waals surface area contributed by atoms with E-state index in [4.69, 9.17) is 5.73 Å². The Balaban J connectivity index is 1.99. The summed E-state index contributed by atoms with van der Waals surface area (Å²) in [6, 6.07) is 13.1. The molecule has 1 saturated carbocycles. The lowest BCUT2D eigenvalue weighted by atomic mass is 10.1. The quantitative estimate of drug-likeness (QED) is 0.873. The second kappa shape index (κ2) is 3.97. The number of thiophene rings is 1. The number of hydrogen-bond acceptors (Lipinski definition) is 2. The molecular formula is C15H17NS. The molecule has 2 heteroatoms. The standard InChI is InChI=1S/C15H17NS/c1-11-4-2-3-5-12(11)13-6-7-14(17-13)15(10-16)8-9-15/h2-7H,8-10,16H2,1H3. The van der Waals surface area contributed by atoms with Crippen molar-refractivity contribution < 1.29 is 0 Å². The Morgan fingerprint density at radius 3 is 2.59 bits per heavy atom. The third-order valence-corrected chi connectivity index (χ3v) is 5.15. The zero-order valence-electron chi connectivity index (χ0n) is 10.1. The molecule has 88 valence electrons. The first kappa shape index (κ1) is 11.0. The lowest BCUT2D eigenvalue weighted by Gasteiger charge is -2.08. The van der Waals surface area contributed by atoms with Gasteiger partial charge >= 0.3 is 0 Å². The lowest BCUT2D eigenvalue weighted by Crippen LogP contribution is -2.18. The Morgan fingerprint density at radius 2 is 1.94 bits per heavy atom. The van der Waals surface area contributed by atoms with Gasteiger partial charge in [0, 0.05) is 21.7 Å². The molecule has 1 aromatic carbocycles. The highest BCUT2D eigenvalue weighted by Crippen LogP contribution is 2.50. The fourth-order valence-electron chi connectivity index (χ4n) is 2.32. The number of hydrogen-bond donors (Lipinski definition) is 1. The van der Waals surface area contributed by atoms with Crippen LogP contribution in [0.3, 0.4) is 0 Å². The fourth-order valence-corrected chi connectivity index (χ4v) is 3.67. The van der Waals surface area contributed by atoms with Crippen LogP contribution in [-0.2, 0) is 5.41 Å². The van der Waals surface area contributed by atoms with E-state index in [1.165, 1.54) is 33.7 Å². The summed E-state index contributed by atoms with van der Waals surface area (Å²) >= 11 is 1.91. The predicted molar refractivity (Wildman–Crippen MR) is 74.5 cm³/mol. The van der Waals surface area contributed by atoms with E-state index in [-0.39, 0.29) is 0 Å². The first-order valence-electron chi connectivity index (χ1n) is 6.12. The zero-order chi connectivity index (χ0) is 11.9. The van der Waals surface area contributed by atoms with Crippen LogP contribution in [0, 0.1) is 6.92 Å². The maximum atomic E-state index is 5.89. The molecule has 1 fully saturated rings. The summed E-state index contributed by atoms with van der Waals surface area (Å²) in [5.41, 5.74) is 8.91. The van der Waals surface area contributed by atoms with E-state index in [2.05, 4.69) is 43.3 Å². The molecular weight excluding hydrogens is 226 g/mol. The van der Waals surface area contributed by atoms with E-state index in [1.54, 1.807) is 0 Å². The van der Waals surface area contributed by atoms with Crippen LogP contribution >= 0.6 is 11.3 Å². The van der Waals surface area contributed by atoms with Crippen molar-refractivity contribution >= 4 is 11.3 Å². The highest BCUT2D eigenvalue weighted by atomic mass is 32.1. The molecule has 3 rings (SSSR count). The van der Waals surface area contributed by atoms with Gasteiger partial charge in [-0.05, 0) is 43.0 Å². The molecule has 0 spiro atoms. The zero-order valence-corrected chi connectivity index (χ0v) is 10.9. The van der Waals surface area contributed by atoms with Crippen LogP contribution in [0.4, 0.5) is 0 Å². The van der Waals surface area contributed by atoms with Gasteiger partial charge in [-0.3, -0.25) is 0 Å². The molecule has 0 radical (unpaired) electrons. The van der Waals surface area contributed by atoms with Crippen molar-refractivity contribution in [3.05, 3.63) is 46.8 Å². The molecule has 0 atom stereocenters. The van der Waals surface area contributed by atoms with Crippen LogP contribution in [0.15, 0.2) is 36.4 Å². The van der Waals surface area contributed by atoms with Gasteiger partial charge in [-0.15, -0.1) is 11.3 Å². The normalized spacial score (nSPS) is 17.1. The van der Waals surface area contributed by atoms with E-state index in [9.17, 15) is 0 Å². The minimum Gasteiger partial charge on any atom is -0.330 e. The summed E-state index contributed by atoms with van der Waals surface area (Å²) in [5.74, 6) is 0. The minimum absolute atomic E-state index is 0.325. The molecule has 1 aliphatic carbocycles. The first-order valence-corrected chi connectivity index (χ1v) is 6.93. The molecule has 1 heterocycles. The molecule has 0 amide bonds. The molecule has 0 aliphatic heterocycles. The number of benzene rings is 1. The molecule has 1 aliphatic rings. The van der Waals surface area contributed by atoms with Crippen molar-refractivity contribution in [2.75, 3.05) is 6.54 Å². The van der Waals surface area contributed by atoms with Crippen LogP contribution in [0.2, 0.25) is 0 Å². The maximum absolute atomic E-state index is 5.89. The van der Waals surface area contributed by atoms with Crippen molar-refractivity contribution in [1.29, 1.82) is 0 Å². The molecule has 2 N–H and O–H groups in total. The summed E-state index contributed by atoms with van der Waals surface area (Å²) in [5, 5.41) is 0. The first-order chi connectivity index (χ1) is 8.25. The van der Waals surface area contributed by atoms with E-state index in [0.717, 1.165) is 6.54 Å². The monoisotopic (exact) mass is 243 g/mol. The average Bonchev–Trinajstić information content (AvgIpc) is 3.00. The summed E-state index contributed by atoms with van der Waals surface area (Å²) in [4.78, 5) is 2.84. The van der Waals surface area contributed by atoms with Crippen LogP contribution < -0.4 is 5.73 Å². The summed E-state index contributed by atoms with van der Waals surface area (Å²) in [6.07, 6.45) is 2.52. The third kappa shape index (κ3) is 1.81. The molecule has 0 saturated heterocycles. The molecule has 0 unspecified atom stereocenters. The summed E-state index contributed by atoms with van der Waals surface area (Å²) in [6.45, 7) is 2.96. The van der Waals surface area contributed by atoms with Gasteiger partial charge in [-0.1, -0.05) is 24.3 Å². The lowest BCUT2D eigenvalue weighted by molar-refractivity contribution is 0.720. The van der Waals surface area contributed by atoms with Crippen LogP contribution in [0.1, 0.15) is 23.3 Å². The summed E-state index contributed by atoms with van der Waals surface area (Å²) < 4.78 is 0. The number of nitrogens with two attached hydrogens (primary N) is 1. The van der Waals surface area contributed by atoms with Crippen molar-refractivity contribution in [3.8, 4) is 10.4 Å². The second-order valence-electron chi connectivity index (χ2n) is 4.96. The SMILES string of the molecule is Cc1ccccc1-c1ccc(C2(CN)CC2)s1. The number of rotatable bonds is 3. The van der Waals surface area contributed by atoms with Crippen LogP contribution in [0.25, 0.3) is 10.4 Å². The average molecular weight is 243 g/mol. The highest BCUT2D eigenvalue weighted by molar-refractivity contribution is 7.15. The maximum Gasteiger partial charge on any atom is 0.0348 e. The minimum atomic E-state index is 0.325. The predicted octanol–water partition coefficient (Wildman–Crippen LogP) is 3.71. The van der Waals surface area contributed by atoms with E-state index in [1.807, 2.05) is 11.3 Å². The van der Waals surface area contributed by atoms with Gasteiger partial charge in [-0.2, -0.15) is 0 Å². The van der Waals surface area contributed by atoms with Crippen LogP contribution in [-0.4, -0.2) is 6.54 Å². The van der Waals surface area contributed by atoms with E-state index < -0.39 is 0 Å². The van der Waals surface area contributed by atoms with Crippen molar-refractivity contribution in [2.45, 2.75) is 25.2 Å². The smallest absolute Gasteiger partial charge is 0.0348 e. The van der Waals surface area contributed by atoms with Crippen molar-refractivity contribution in [1.82, 2.24) is 0 Å². The highest BCUT2D eigenvalue weighted by Gasteiger charge is 2.44. The van der Waals surface area contributed by atoms with Gasteiger partial charge in [0.1, 0.15) is 0 Å². The van der Waals surface area contributed by atoms with Gasteiger partial charge in [0.15, 0.2) is 0 Å².